The number of ether oxygens (including phenoxy) is 1. The number of unbranched alkanes of at least 4 members (excludes halogenated alkanes) is 58. The molecule has 0 aromatic heterocycles. The fourth-order valence-electron chi connectivity index (χ4n) is 12.0. The van der Waals surface area contributed by atoms with Crippen LogP contribution in [0.1, 0.15) is 425 Å². The first-order valence-electron chi connectivity index (χ1n) is 37.6. The van der Waals surface area contributed by atoms with Crippen LogP contribution in [-0.4, -0.2) is 47.4 Å². The van der Waals surface area contributed by atoms with Gasteiger partial charge in [-0.05, 0) is 57.8 Å². The van der Waals surface area contributed by atoms with Gasteiger partial charge in [-0.1, -0.05) is 378 Å². The van der Waals surface area contributed by atoms with E-state index in [2.05, 4.69) is 31.3 Å². The van der Waals surface area contributed by atoms with Crippen molar-refractivity contribution in [2.24, 2.45) is 0 Å². The minimum Gasteiger partial charge on any atom is -0.466 e. The maximum Gasteiger partial charge on any atom is 0.305 e. The zero-order valence-electron chi connectivity index (χ0n) is 55.8. The SMILES string of the molecule is CCCCCCCCCCCCCCCCCCCCCCCCC/C=C/C(O)C(CO)NC(=O)CCCCCCCCCCCCCCC/C=C\CCCCCCCCCCCCCCOC(=O)CCCCCCCCCCCCC. The van der Waals surface area contributed by atoms with Gasteiger partial charge in [0.25, 0.3) is 0 Å². The third kappa shape index (κ3) is 67.5. The van der Waals surface area contributed by atoms with E-state index in [0.29, 0.717) is 19.4 Å². The van der Waals surface area contributed by atoms with E-state index in [1.54, 1.807) is 6.08 Å². The number of rotatable bonds is 71. The quantitative estimate of drug-likeness (QED) is 0.0320. The molecular weight excluding hydrogens is 1010 g/mol. The number of carbonyl (C=O) groups excluding carboxylic acids is 2. The Morgan fingerprint density at radius 1 is 0.329 bits per heavy atom. The Morgan fingerprint density at radius 3 is 0.866 bits per heavy atom. The first-order valence-corrected chi connectivity index (χ1v) is 37.6. The summed E-state index contributed by atoms with van der Waals surface area (Å²) in [5.41, 5.74) is 0. The standard InChI is InChI=1S/C76H147NO5/c1-3-5-7-9-11-13-15-16-17-18-19-20-21-27-30-33-36-39-42-45-49-52-56-60-64-68-74(79)73(72-78)77-75(80)69-65-61-57-53-50-46-43-40-37-34-31-28-25-23-22-24-26-29-32-35-38-41-44-47-51-55-59-63-67-71-82-76(81)70-66-62-58-54-48-14-12-10-8-6-4-2/h22,24,64,68,73-74,78-79H,3-21,23,25-63,65-67,69-72H2,1-2H3,(H,77,80)/b24-22-,68-64+. The summed E-state index contributed by atoms with van der Waals surface area (Å²) in [7, 11) is 0. The highest BCUT2D eigenvalue weighted by atomic mass is 16.5. The van der Waals surface area contributed by atoms with Crippen LogP contribution in [-0.2, 0) is 14.3 Å². The Bertz CT molecular complexity index is 1280. The molecule has 0 spiro atoms. The Hall–Kier alpha value is -1.66. The van der Waals surface area contributed by atoms with Crippen molar-refractivity contribution in [3.05, 3.63) is 24.3 Å². The maximum atomic E-state index is 12.5. The van der Waals surface area contributed by atoms with Crippen molar-refractivity contribution in [3.8, 4) is 0 Å². The number of nitrogens with one attached hydrogen (secondary N) is 1. The fourth-order valence-corrected chi connectivity index (χ4v) is 12.0. The molecule has 82 heavy (non-hydrogen) atoms. The molecule has 0 aliphatic rings. The summed E-state index contributed by atoms with van der Waals surface area (Å²) in [4.78, 5) is 24.6. The molecule has 2 atom stereocenters. The summed E-state index contributed by atoms with van der Waals surface area (Å²) in [5.74, 6) is -0.0454. The van der Waals surface area contributed by atoms with Crippen molar-refractivity contribution >= 4 is 11.9 Å². The highest BCUT2D eigenvalue weighted by Gasteiger charge is 2.18. The first kappa shape index (κ1) is 80.3. The lowest BCUT2D eigenvalue weighted by molar-refractivity contribution is -0.143. The van der Waals surface area contributed by atoms with Gasteiger partial charge >= 0.3 is 5.97 Å². The lowest BCUT2D eigenvalue weighted by Crippen LogP contribution is -2.45. The predicted octanol–water partition coefficient (Wildman–Crippen LogP) is 24.5. The summed E-state index contributed by atoms with van der Waals surface area (Å²) >= 11 is 0. The number of amides is 1. The van der Waals surface area contributed by atoms with Crippen molar-refractivity contribution < 1.29 is 24.5 Å². The van der Waals surface area contributed by atoms with E-state index in [4.69, 9.17) is 4.74 Å². The van der Waals surface area contributed by atoms with Crippen LogP contribution in [0.3, 0.4) is 0 Å². The minimum atomic E-state index is -0.845. The van der Waals surface area contributed by atoms with Crippen LogP contribution in [0.5, 0.6) is 0 Å². The molecular formula is C76H147NO5. The van der Waals surface area contributed by atoms with Gasteiger partial charge in [-0.25, -0.2) is 0 Å². The lowest BCUT2D eigenvalue weighted by atomic mass is 10.0. The number of esters is 1. The van der Waals surface area contributed by atoms with E-state index < -0.39 is 12.1 Å². The molecule has 486 valence electrons. The number of aliphatic hydroxyl groups excluding tert-OH is 2. The second-order valence-electron chi connectivity index (χ2n) is 26.0. The first-order chi connectivity index (χ1) is 40.5. The van der Waals surface area contributed by atoms with Crippen molar-refractivity contribution in [1.82, 2.24) is 5.32 Å². The third-order valence-electron chi connectivity index (χ3n) is 17.7. The van der Waals surface area contributed by atoms with Gasteiger partial charge in [0.15, 0.2) is 0 Å². The molecule has 6 nitrogen and oxygen atoms in total. The van der Waals surface area contributed by atoms with E-state index in [0.717, 1.165) is 38.5 Å². The number of hydrogen-bond acceptors (Lipinski definition) is 5. The van der Waals surface area contributed by atoms with Gasteiger partial charge in [0.2, 0.25) is 5.91 Å². The van der Waals surface area contributed by atoms with E-state index in [9.17, 15) is 19.8 Å². The summed E-state index contributed by atoms with van der Waals surface area (Å²) in [5, 5.41) is 23.3. The third-order valence-corrected chi connectivity index (χ3v) is 17.7. The molecule has 0 saturated carbocycles. The summed E-state index contributed by atoms with van der Waals surface area (Å²) in [6.07, 6.45) is 91.4. The molecule has 0 heterocycles. The average molecular weight is 1160 g/mol. The van der Waals surface area contributed by atoms with E-state index in [1.807, 2.05) is 6.08 Å². The van der Waals surface area contributed by atoms with Crippen molar-refractivity contribution in [3.63, 3.8) is 0 Å². The highest BCUT2D eigenvalue weighted by Crippen LogP contribution is 2.19. The van der Waals surface area contributed by atoms with Gasteiger partial charge in [-0.15, -0.1) is 0 Å². The Balaban J connectivity index is 3.40. The van der Waals surface area contributed by atoms with E-state index >= 15 is 0 Å². The minimum absolute atomic E-state index is 0.0167. The monoisotopic (exact) mass is 1150 g/mol. The van der Waals surface area contributed by atoms with Crippen LogP contribution in [0.2, 0.25) is 0 Å². The van der Waals surface area contributed by atoms with Gasteiger partial charge in [0.1, 0.15) is 0 Å². The highest BCUT2D eigenvalue weighted by molar-refractivity contribution is 5.76. The Labute approximate surface area is 513 Å². The van der Waals surface area contributed by atoms with Crippen LogP contribution in [0.4, 0.5) is 0 Å². The molecule has 0 aromatic carbocycles. The number of aliphatic hydroxyl groups is 2. The van der Waals surface area contributed by atoms with Gasteiger partial charge in [0.05, 0.1) is 25.4 Å². The molecule has 2 unspecified atom stereocenters. The molecule has 6 heteroatoms. The molecule has 0 bridgehead atoms. The second kappa shape index (κ2) is 71.8. The number of carbonyl (C=O) groups is 2. The normalized spacial score (nSPS) is 12.6. The van der Waals surface area contributed by atoms with Crippen LogP contribution in [0.25, 0.3) is 0 Å². The van der Waals surface area contributed by atoms with E-state index in [-0.39, 0.29) is 18.5 Å². The molecule has 0 saturated heterocycles. The van der Waals surface area contributed by atoms with Crippen molar-refractivity contribution in [2.75, 3.05) is 13.2 Å². The van der Waals surface area contributed by atoms with Crippen molar-refractivity contribution in [1.29, 1.82) is 0 Å². The molecule has 0 aliphatic heterocycles. The second-order valence-corrected chi connectivity index (χ2v) is 26.0. The largest absolute Gasteiger partial charge is 0.466 e. The van der Waals surface area contributed by atoms with Gasteiger partial charge in [-0.2, -0.15) is 0 Å². The molecule has 0 rings (SSSR count). The van der Waals surface area contributed by atoms with Crippen molar-refractivity contribution in [2.45, 2.75) is 437 Å². The number of allylic oxidation sites excluding steroid dienone is 3. The van der Waals surface area contributed by atoms with Gasteiger partial charge in [0, 0.05) is 12.8 Å². The maximum absolute atomic E-state index is 12.5. The molecule has 3 N–H and O–H groups in total. The predicted molar refractivity (Wildman–Crippen MR) is 361 cm³/mol. The van der Waals surface area contributed by atoms with Gasteiger partial charge < -0.3 is 20.3 Å². The molecule has 0 radical (unpaired) electrons. The Kier molecular flexibility index (Phi) is 70.4. The van der Waals surface area contributed by atoms with Crippen LogP contribution < -0.4 is 5.32 Å². The zero-order valence-corrected chi connectivity index (χ0v) is 55.8. The fraction of sp³-hybridized carbons (Fsp3) is 0.921. The van der Waals surface area contributed by atoms with E-state index in [1.165, 1.54) is 360 Å². The average Bonchev–Trinajstić information content (AvgIpc) is 3.48. The van der Waals surface area contributed by atoms with Crippen LogP contribution >= 0.6 is 0 Å². The molecule has 0 aliphatic carbocycles. The molecule has 0 fully saturated rings. The van der Waals surface area contributed by atoms with Gasteiger partial charge in [-0.3, -0.25) is 9.59 Å². The van der Waals surface area contributed by atoms with Crippen LogP contribution in [0.15, 0.2) is 24.3 Å². The topological polar surface area (TPSA) is 95.9 Å². The number of hydrogen-bond donors (Lipinski definition) is 3. The summed E-state index contributed by atoms with van der Waals surface area (Å²) in [6, 6.07) is -0.628. The summed E-state index contributed by atoms with van der Waals surface area (Å²) in [6.45, 7) is 4.95. The summed E-state index contributed by atoms with van der Waals surface area (Å²) < 4.78 is 5.48. The smallest absolute Gasteiger partial charge is 0.305 e. The molecule has 0 aromatic rings. The van der Waals surface area contributed by atoms with Crippen LogP contribution in [0, 0.1) is 0 Å². The lowest BCUT2D eigenvalue weighted by Gasteiger charge is -2.20. The Morgan fingerprint density at radius 2 is 0.573 bits per heavy atom. The zero-order chi connectivity index (χ0) is 59.2. The molecule has 1 amide bonds.